The Balaban J connectivity index is 1.32. The second-order valence-corrected chi connectivity index (χ2v) is 8.22. The van der Waals surface area contributed by atoms with Gasteiger partial charge >= 0.3 is 6.03 Å². The number of benzene rings is 1. The van der Waals surface area contributed by atoms with Gasteiger partial charge in [-0.1, -0.05) is 32.0 Å². The number of hydrogen-bond acceptors (Lipinski definition) is 4. The zero-order valence-electron chi connectivity index (χ0n) is 17.5. The summed E-state index contributed by atoms with van der Waals surface area (Å²) in [5, 5.41) is 5.94. The van der Waals surface area contributed by atoms with Crippen molar-refractivity contribution in [3.8, 4) is 5.88 Å². The molecule has 3 aromatic rings. The number of fused-ring (bicyclic) bond motifs is 1. The molecular weight excluding hydrogens is 378 g/mol. The van der Waals surface area contributed by atoms with Gasteiger partial charge in [0.15, 0.2) is 0 Å². The third-order valence-corrected chi connectivity index (χ3v) is 5.50. The number of aromatic nitrogens is 3. The molecule has 1 aliphatic rings. The van der Waals surface area contributed by atoms with Crippen LogP contribution in [0.15, 0.2) is 42.6 Å². The molecule has 1 aliphatic carbocycles. The first-order chi connectivity index (χ1) is 14.6. The van der Waals surface area contributed by atoms with E-state index < -0.39 is 0 Å². The van der Waals surface area contributed by atoms with E-state index in [2.05, 4.69) is 39.4 Å². The summed E-state index contributed by atoms with van der Waals surface area (Å²) in [4.78, 5) is 24.8. The molecule has 2 heterocycles. The predicted molar refractivity (Wildman–Crippen MR) is 116 cm³/mol. The van der Waals surface area contributed by atoms with Gasteiger partial charge in [0.1, 0.15) is 11.9 Å². The molecule has 158 valence electrons. The Morgan fingerprint density at radius 1 is 1.20 bits per heavy atom. The van der Waals surface area contributed by atoms with Gasteiger partial charge in [0.25, 0.3) is 0 Å². The van der Waals surface area contributed by atoms with Gasteiger partial charge in [0.2, 0.25) is 5.88 Å². The molecule has 4 rings (SSSR count). The standard InChI is InChI=1S/C23H29N5O2/c1-15(2)21(22-26-18-9-5-6-10-19(18)27-22)28-23(29)25-14-16-11-12-20(24-13-16)30-17-7-3-4-8-17/h5-6,9-13,15,17,21H,3-4,7-8,14H2,1-2H3,(H,26,27)(H2,25,28,29). The van der Waals surface area contributed by atoms with E-state index in [1.807, 2.05) is 36.4 Å². The SMILES string of the molecule is CC(C)C(NC(=O)NCc1ccc(OC2CCCC2)nc1)c1nc2ccccc2[nH]1. The number of amides is 2. The number of pyridine rings is 1. The van der Waals surface area contributed by atoms with Crippen LogP contribution in [0.4, 0.5) is 4.79 Å². The molecule has 1 fully saturated rings. The molecule has 30 heavy (non-hydrogen) atoms. The highest BCUT2D eigenvalue weighted by molar-refractivity contribution is 5.76. The van der Waals surface area contributed by atoms with Crippen molar-refractivity contribution in [2.45, 2.75) is 58.2 Å². The molecule has 1 atom stereocenters. The number of para-hydroxylation sites is 2. The van der Waals surface area contributed by atoms with E-state index in [0.29, 0.717) is 18.5 Å². The van der Waals surface area contributed by atoms with Gasteiger partial charge in [-0.3, -0.25) is 0 Å². The number of ether oxygens (including phenoxy) is 1. The number of nitrogens with zero attached hydrogens (tertiary/aromatic N) is 2. The summed E-state index contributed by atoms with van der Waals surface area (Å²) >= 11 is 0. The van der Waals surface area contributed by atoms with Crippen LogP contribution in [0.2, 0.25) is 0 Å². The summed E-state index contributed by atoms with van der Waals surface area (Å²) in [6.07, 6.45) is 6.71. The van der Waals surface area contributed by atoms with Gasteiger partial charge in [-0.15, -0.1) is 0 Å². The molecule has 7 nitrogen and oxygen atoms in total. The Kier molecular flexibility index (Phi) is 6.16. The highest BCUT2D eigenvalue weighted by Crippen LogP contribution is 2.23. The Hall–Kier alpha value is -3.09. The fourth-order valence-corrected chi connectivity index (χ4v) is 3.81. The van der Waals surface area contributed by atoms with Gasteiger partial charge in [-0.25, -0.2) is 14.8 Å². The minimum Gasteiger partial charge on any atom is -0.474 e. The second-order valence-electron chi connectivity index (χ2n) is 8.22. The average Bonchev–Trinajstić information content (AvgIpc) is 3.40. The van der Waals surface area contributed by atoms with Crippen molar-refractivity contribution in [2.75, 3.05) is 0 Å². The van der Waals surface area contributed by atoms with Crippen molar-refractivity contribution in [3.05, 3.63) is 54.0 Å². The van der Waals surface area contributed by atoms with Crippen LogP contribution in [0.5, 0.6) is 5.88 Å². The third-order valence-electron chi connectivity index (χ3n) is 5.50. The van der Waals surface area contributed by atoms with E-state index in [4.69, 9.17) is 4.74 Å². The van der Waals surface area contributed by atoms with Crippen molar-refractivity contribution in [3.63, 3.8) is 0 Å². The molecule has 2 amide bonds. The summed E-state index contributed by atoms with van der Waals surface area (Å²) in [6.45, 7) is 4.52. The summed E-state index contributed by atoms with van der Waals surface area (Å²) in [5.41, 5.74) is 2.78. The first-order valence-electron chi connectivity index (χ1n) is 10.7. The van der Waals surface area contributed by atoms with E-state index in [1.54, 1.807) is 6.20 Å². The molecule has 0 aliphatic heterocycles. The lowest BCUT2D eigenvalue weighted by molar-refractivity contribution is 0.201. The first-order valence-corrected chi connectivity index (χ1v) is 10.7. The van der Waals surface area contributed by atoms with Gasteiger partial charge < -0.3 is 20.4 Å². The second kappa shape index (κ2) is 9.15. The smallest absolute Gasteiger partial charge is 0.315 e. The third kappa shape index (κ3) is 4.90. The molecule has 2 aromatic heterocycles. The molecule has 1 unspecified atom stereocenters. The van der Waals surface area contributed by atoms with Gasteiger partial charge in [-0.2, -0.15) is 0 Å². The lowest BCUT2D eigenvalue weighted by Gasteiger charge is -2.20. The maximum absolute atomic E-state index is 12.5. The minimum atomic E-state index is -0.236. The van der Waals surface area contributed by atoms with Crippen molar-refractivity contribution in [1.82, 2.24) is 25.6 Å². The number of nitrogens with one attached hydrogen (secondary N) is 3. The van der Waals surface area contributed by atoms with E-state index in [0.717, 1.165) is 35.3 Å². The van der Waals surface area contributed by atoms with Crippen LogP contribution in [-0.2, 0) is 6.54 Å². The van der Waals surface area contributed by atoms with E-state index >= 15 is 0 Å². The summed E-state index contributed by atoms with van der Waals surface area (Å²) in [7, 11) is 0. The Bertz CT molecular complexity index is 944. The lowest BCUT2D eigenvalue weighted by atomic mass is 10.0. The number of hydrogen-bond donors (Lipinski definition) is 3. The Labute approximate surface area is 176 Å². The van der Waals surface area contributed by atoms with Crippen molar-refractivity contribution in [2.24, 2.45) is 5.92 Å². The summed E-state index contributed by atoms with van der Waals surface area (Å²) in [6, 6.07) is 11.2. The lowest BCUT2D eigenvalue weighted by Crippen LogP contribution is -2.39. The number of aromatic amines is 1. The van der Waals surface area contributed by atoms with Crippen molar-refractivity contribution in [1.29, 1.82) is 0 Å². The summed E-state index contributed by atoms with van der Waals surface area (Å²) in [5.74, 6) is 1.60. The van der Waals surface area contributed by atoms with Crippen molar-refractivity contribution >= 4 is 17.1 Å². The van der Waals surface area contributed by atoms with E-state index in [9.17, 15) is 4.79 Å². The van der Waals surface area contributed by atoms with Crippen molar-refractivity contribution < 1.29 is 9.53 Å². The van der Waals surface area contributed by atoms with Crippen LogP contribution in [0.1, 0.15) is 57.0 Å². The maximum atomic E-state index is 12.5. The van der Waals surface area contributed by atoms with E-state index in [1.165, 1.54) is 12.8 Å². The number of urea groups is 1. The normalized spacial score (nSPS) is 15.4. The van der Waals surface area contributed by atoms with Crippen LogP contribution in [0, 0.1) is 5.92 Å². The average molecular weight is 408 g/mol. The molecule has 0 spiro atoms. The Morgan fingerprint density at radius 3 is 2.70 bits per heavy atom. The predicted octanol–water partition coefficient (Wildman–Crippen LogP) is 4.48. The molecule has 7 heteroatoms. The highest BCUT2D eigenvalue weighted by Gasteiger charge is 2.22. The van der Waals surface area contributed by atoms with Gasteiger partial charge in [-0.05, 0) is 49.3 Å². The quantitative estimate of drug-likeness (QED) is 0.539. The zero-order valence-corrected chi connectivity index (χ0v) is 17.5. The van der Waals surface area contributed by atoms with Crippen LogP contribution in [-0.4, -0.2) is 27.1 Å². The van der Waals surface area contributed by atoms with Crippen LogP contribution in [0.25, 0.3) is 11.0 Å². The molecular formula is C23H29N5O2. The number of rotatable bonds is 7. The molecule has 0 bridgehead atoms. The maximum Gasteiger partial charge on any atom is 0.315 e. The Morgan fingerprint density at radius 2 is 2.00 bits per heavy atom. The summed E-state index contributed by atoms with van der Waals surface area (Å²) < 4.78 is 5.89. The number of carbonyl (C=O) groups is 1. The number of carbonyl (C=O) groups excluding carboxylic acids is 1. The zero-order chi connectivity index (χ0) is 20.9. The van der Waals surface area contributed by atoms with Gasteiger partial charge in [0.05, 0.1) is 17.1 Å². The van der Waals surface area contributed by atoms with Crippen LogP contribution >= 0.6 is 0 Å². The molecule has 0 radical (unpaired) electrons. The van der Waals surface area contributed by atoms with Crippen LogP contribution in [0.3, 0.4) is 0 Å². The number of imidazole rings is 1. The highest BCUT2D eigenvalue weighted by atomic mass is 16.5. The minimum absolute atomic E-state index is 0.185. The topological polar surface area (TPSA) is 91.9 Å². The van der Waals surface area contributed by atoms with Gasteiger partial charge in [0, 0.05) is 18.8 Å². The molecule has 1 saturated carbocycles. The molecule has 0 saturated heterocycles. The number of H-pyrrole nitrogens is 1. The van der Waals surface area contributed by atoms with Crippen LogP contribution < -0.4 is 15.4 Å². The molecule has 3 N–H and O–H groups in total. The largest absolute Gasteiger partial charge is 0.474 e. The monoisotopic (exact) mass is 407 g/mol. The van der Waals surface area contributed by atoms with E-state index in [-0.39, 0.29) is 18.0 Å². The fourth-order valence-electron chi connectivity index (χ4n) is 3.81. The molecule has 1 aromatic carbocycles. The first kappa shape index (κ1) is 20.2. The fraction of sp³-hybridized carbons (Fsp3) is 0.435.